The molecule has 6 aromatic carbocycles. The van der Waals surface area contributed by atoms with Crippen molar-refractivity contribution >= 4 is 43.9 Å². The van der Waals surface area contributed by atoms with E-state index in [2.05, 4.69) is 122 Å². The van der Waals surface area contributed by atoms with Crippen molar-refractivity contribution in [2.75, 3.05) is 0 Å². The van der Waals surface area contributed by atoms with Gasteiger partial charge < -0.3 is 8.98 Å². The van der Waals surface area contributed by atoms with E-state index in [1.54, 1.807) is 0 Å². The molecule has 0 atom stereocenters. The quantitative estimate of drug-likeness (QED) is 0.202. The lowest BCUT2D eigenvalue weighted by atomic mass is 9.82. The second-order valence-electron chi connectivity index (χ2n) is 13.0. The SMILES string of the molecule is CC1(C)c2ccccc2-c2c1ccc1c2c2ccccc2n1-c1ccccc1-c1nc(-c2ccccc2)c2oc3ccccc3c2n1. The zero-order chi connectivity index (χ0) is 31.3. The maximum Gasteiger partial charge on any atom is 0.180 e. The molecule has 222 valence electrons. The molecule has 10 rings (SSSR count). The van der Waals surface area contributed by atoms with E-state index in [-0.39, 0.29) is 5.41 Å². The maximum atomic E-state index is 6.40. The van der Waals surface area contributed by atoms with E-state index >= 15 is 0 Å². The molecule has 0 saturated carbocycles. The van der Waals surface area contributed by atoms with Crippen LogP contribution in [-0.2, 0) is 5.41 Å². The second-order valence-corrected chi connectivity index (χ2v) is 13.0. The van der Waals surface area contributed by atoms with E-state index in [9.17, 15) is 0 Å². The van der Waals surface area contributed by atoms with Gasteiger partial charge in [0.15, 0.2) is 11.4 Å². The molecule has 0 unspecified atom stereocenters. The third-order valence-electron chi connectivity index (χ3n) is 10.0. The molecule has 0 N–H and O–H groups in total. The van der Waals surface area contributed by atoms with Gasteiger partial charge in [0.2, 0.25) is 0 Å². The Morgan fingerprint density at radius 3 is 2.15 bits per heavy atom. The van der Waals surface area contributed by atoms with Crippen LogP contribution in [0.5, 0.6) is 0 Å². The lowest BCUT2D eigenvalue weighted by molar-refractivity contribution is 0.661. The summed E-state index contributed by atoms with van der Waals surface area (Å²) >= 11 is 0. The van der Waals surface area contributed by atoms with Gasteiger partial charge in [-0.05, 0) is 58.7 Å². The number of fused-ring (bicyclic) bond motifs is 10. The van der Waals surface area contributed by atoms with E-state index in [0.717, 1.165) is 44.5 Å². The summed E-state index contributed by atoms with van der Waals surface area (Å²) in [4.78, 5) is 10.5. The lowest BCUT2D eigenvalue weighted by Gasteiger charge is -2.21. The average molecular weight is 604 g/mol. The van der Waals surface area contributed by atoms with Crippen LogP contribution in [0.3, 0.4) is 0 Å². The number of benzene rings is 6. The number of rotatable bonds is 3. The minimum absolute atomic E-state index is 0.0777. The van der Waals surface area contributed by atoms with Gasteiger partial charge in [0.25, 0.3) is 0 Å². The van der Waals surface area contributed by atoms with Gasteiger partial charge in [-0.1, -0.05) is 117 Å². The molecule has 4 nitrogen and oxygen atoms in total. The zero-order valence-electron chi connectivity index (χ0n) is 26.0. The van der Waals surface area contributed by atoms with E-state index in [1.807, 2.05) is 36.4 Å². The summed E-state index contributed by atoms with van der Waals surface area (Å²) in [6.45, 7) is 4.69. The Kier molecular flexibility index (Phi) is 5.31. The normalized spacial score (nSPS) is 13.5. The number of furan rings is 1. The average Bonchev–Trinajstić information content (AvgIpc) is 3.74. The molecule has 4 heteroatoms. The fraction of sp³-hybridized carbons (Fsp3) is 0.0698. The van der Waals surface area contributed by atoms with Crippen LogP contribution in [0.25, 0.3) is 83.3 Å². The summed E-state index contributed by atoms with van der Waals surface area (Å²) < 4.78 is 8.80. The zero-order valence-corrected chi connectivity index (χ0v) is 26.0. The van der Waals surface area contributed by atoms with Crippen LogP contribution in [0.1, 0.15) is 25.0 Å². The molecule has 1 aliphatic rings. The van der Waals surface area contributed by atoms with Crippen LogP contribution in [0.15, 0.2) is 144 Å². The molecule has 0 radical (unpaired) electrons. The first-order valence-electron chi connectivity index (χ1n) is 16.1. The largest absolute Gasteiger partial charge is 0.452 e. The van der Waals surface area contributed by atoms with Crippen molar-refractivity contribution in [1.29, 1.82) is 0 Å². The smallest absolute Gasteiger partial charge is 0.180 e. The molecule has 0 amide bonds. The van der Waals surface area contributed by atoms with Crippen molar-refractivity contribution in [2.45, 2.75) is 19.3 Å². The van der Waals surface area contributed by atoms with Gasteiger partial charge in [-0.25, -0.2) is 9.97 Å². The maximum absolute atomic E-state index is 6.40. The lowest BCUT2D eigenvalue weighted by Crippen LogP contribution is -2.14. The van der Waals surface area contributed by atoms with Gasteiger partial charge in [0.05, 0.1) is 16.7 Å². The van der Waals surface area contributed by atoms with Crippen LogP contribution in [0.2, 0.25) is 0 Å². The Labute approximate surface area is 271 Å². The highest BCUT2D eigenvalue weighted by Crippen LogP contribution is 2.53. The summed E-state index contributed by atoms with van der Waals surface area (Å²) in [5, 5.41) is 3.51. The fourth-order valence-corrected chi connectivity index (χ4v) is 7.87. The number of para-hydroxylation sites is 3. The Morgan fingerprint density at radius 2 is 1.28 bits per heavy atom. The van der Waals surface area contributed by atoms with Crippen molar-refractivity contribution in [3.63, 3.8) is 0 Å². The van der Waals surface area contributed by atoms with Crippen LogP contribution >= 0.6 is 0 Å². The van der Waals surface area contributed by atoms with Crippen LogP contribution in [-0.4, -0.2) is 14.5 Å². The van der Waals surface area contributed by atoms with Gasteiger partial charge in [-0.2, -0.15) is 0 Å². The van der Waals surface area contributed by atoms with Gasteiger partial charge in [0.1, 0.15) is 16.8 Å². The topological polar surface area (TPSA) is 43.9 Å². The molecule has 0 saturated heterocycles. The number of hydrogen-bond donors (Lipinski definition) is 0. The molecule has 47 heavy (non-hydrogen) atoms. The summed E-state index contributed by atoms with van der Waals surface area (Å²) in [5.74, 6) is 0.664. The first kappa shape index (κ1) is 26.2. The number of hydrogen-bond acceptors (Lipinski definition) is 3. The predicted octanol–water partition coefficient (Wildman–Crippen LogP) is 11.1. The Morgan fingerprint density at radius 1 is 0.574 bits per heavy atom. The van der Waals surface area contributed by atoms with Gasteiger partial charge in [-0.3, -0.25) is 0 Å². The van der Waals surface area contributed by atoms with Gasteiger partial charge >= 0.3 is 0 Å². The van der Waals surface area contributed by atoms with Gasteiger partial charge in [-0.15, -0.1) is 0 Å². The molecule has 0 aliphatic heterocycles. The monoisotopic (exact) mass is 603 g/mol. The van der Waals surface area contributed by atoms with E-state index in [4.69, 9.17) is 14.4 Å². The number of nitrogens with zero attached hydrogens (tertiary/aromatic N) is 3. The molecular formula is C43H29N3O. The Bertz CT molecular complexity index is 2710. The molecule has 1 aliphatic carbocycles. The molecule has 3 heterocycles. The van der Waals surface area contributed by atoms with Crippen molar-refractivity contribution in [3.05, 3.63) is 151 Å². The molecule has 0 fully saturated rings. The highest BCUT2D eigenvalue weighted by atomic mass is 16.3. The van der Waals surface area contributed by atoms with Crippen LogP contribution in [0, 0.1) is 0 Å². The highest BCUT2D eigenvalue weighted by Gasteiger charge is 2.37. The van der Waals surface area contributed by atoms with E-state index in [1.165, 1.54) is 38.5 Å². The Balaban J connectivity index is 1.30. The first-order chi connectivity index (χ1) is 23.1. The summed E-state index contributed by atoms with van der Waals surface area (Å²) in [6, 6.07) is 49.2. The minimum atomic E-state index is -0.0777. The van der Waals surface area contributed by atoms with Crippen LogP contribution in [0.4, 0.5) is 0 Å². The van der Waals surface area contributed by atoms with Crippen molar-refractivity contribution in [3.8, 4) is 39.5 Å². The van der Waals surface area contributed by atoms with Crippen molar-refractivity contribution < 1.29 is 4.42 Å². The Hall–Kier alpha value is -6.00. The van der Waals surface area contributed by atoms with Crippen molar-refractivity contribution in [1.82, 2.24) is 14.5 Å². The summed E-state index contributed by atoms with van der Waals surface area (Å²) in [6.07, 6.45) is 0. The summed E-state index contributed by atoms with van der Waals surface area (Å²) in [7, 11) is 0. The van der Waals surface area contributed by atoms with Gasteiger partial charge in [0, 0.05) is 32.7 Å². The predicted molar refractivity (Wildman–Crippen MR) is 192 cm³/mol. The molecular weight excluding hydrogens is 574 g/mol. The molecule has 3 aromatic heterocycles. The fourth-order valence-electron chi connectivity index (χ4n) is 7.87. The first-order valence-corrected chi connectivity index (χ1v) is 16.1. The van der Waals surface area contributed by atoms with Crippen LogP contribution < -0.4 is 0 Å². The molecule has 9 aromatic rings. The van der Waals surface area contributed by atoms with E-state index < -0.39 is 0 Å². The molecule has 0 spiro atoms. The second kappa shape index (κ2) is 9.51. The third kappa shape index (κ3) is 3.58. The minimum Gasteiger partial charge on any atom is -0.452 e. The van der Waals surface area contributed by atoms with Crippen molar-refractivity contribution in [2.24, 2.45) is 0 Å². The summed E-state index contributed by atoms with van der Waals surface area (Å²) in [5.41, 5.74) is 13.8. The number of aromatic nitrogens is 3. The highest BCUT2D eigenvalue weighted by molar-refractivity contribution is 6.18. The molecule has 0 bridgehead atoms. The van der Waals surface area contributed by atoms with E-state index in [0.29, 0.717) is 11.4 Å². The standard InChI is InChI=1S/C43H29N3O/c1-43(2)31-20-10-6-16-27(31)37-32(43)24-25-35-38(37)28-17-7-11-21-33(28)46(35)34-22-12-8-18-29(34)42-44-39(26-14-4-3-5-15-26)41-40(45-42)30-19-9-13-23-36(30)47-41/h3-25H,1-2H3. The third-order valence-corrected chi connectivity index (χ3v) is 10.0.